The van der Waals surface area contributed by atoms with Crippen molar-refractivity contribution in [3.63, 3.8) is 0 Å². The summed E-state index contributed by atoms with van der Waals surface area (Å²) in [7, 11) is 0. The van der Waals surface area contributed by atoms with Gasteiger partial charge in [-0.15, -0.1) is 0 Å². The van der Waals surface area contributed by atoms with Crippen molar-refractivity contribution in [2.75, 3.05) is 6.61 Å². The van der Waals surface area contributed by atoms with Crippen LogP contribution in [0.3, 0.4) is 0 Å². The smallest absolute Gasteiger partial charge is 0.0913 e. The average Bonchev–Trinajstić information content (AvgIpc) is 2.52. The molecule has 0 spiro atoms. The molecular weight excluding hydrogens is 244 g/mol. The molecule has 0 unspecified atom stereocenters. The van der Waals surface area contributed by atoms with E-state index in [0.717, 1.165) is 25.9 Å². The third kappa shape index (κ3) is 5.31. The first-order chi connectivity index (χ1) is 9.84. The molecule has 0 aliphatic heterocycles. The van der Waals surface area contributed by atoms with Gasteiger partial charge in [-0.05, 0) is 36.5 Å². The number of allylic oxidation sites excluding steroid dienone is 1. The Balaban J connectivity index is 1.66. The quantitative estimate of drug-likeness (QED) is 0.517. The van der Waals surface area contributed by atoms with Gasteiger partial charge in [0.2, 0.25) is 0 Å². The maximum atomic E-state index is 5.63. The first-order valence-electron chi connectivity index (χ1n) is 7.20. The van der Waals surface area contributed by atoms with Crippen molar-refractivity contribution >= 4 is 0 Å². The van der Waals surface area contributed by atoms with E-state index in [4.69, 9.17) is 4.74 Å². The summed E-state index contributed by atoms with van der Waals surface area (Å²) in [5.74, 6) is 0. The van der Waals surface area contributed by atoms with Gasteiger partial charge in [-0.1, -0.05) is 60.7 Å². The number of rotatable bonds is 7. The summed E-state index contributed by atoms with van der Waals surface area (Å²) in [6.45, 7) is 2.87. The van der Waals surface area contributed by atoms with Crippen LogP contribution in [0.4, 0.5) is 0 Å². The lowest BCUT2D eigenvalue weighted by molar-refractivity contribution is 0.250. The molecule has 20 heavy (non-hydrogen) atoms. The Morgan fingerprint density at radius 1 is 0.850 bits per heavy atom. The Morgan fingerprint density at radius 2 is 1.40 bits per heavy atom. The fraction of sp³-hybridized carbons (Fsp3) is 0.263. The molecule has 1 heteroatoms. The fourth-order valence-electron chi connectivity index (χ4n) is 2.07. The summed E-state index contributed by atoms with van der Waals surface area (Å²) in [5, 5.41) is 0. The molecule has 0 fully saturated rings. The highest BCUT2D eigenvalue weighted by Gasteiger charge is 1.95. The monoisotopic (exact) mass is 266 g/mol. The Bertz CT molecular complexity index is 514. The predicted molar refractivity (Wildman–Crippen MR) is 84.6 cm³/mol. The van der Waals surface area contributed by atoms with Crippen molar-refractivity contribution in [3.05, 3.63) is 83.6 Å². The first-order valence-corrected chi connectivity index (χ1v) is 7.20. The maximum absolute atomic E-state index is 5.63. The van der Waals surface area contributed by atoms with E-state index < -0.39 is 0 Å². The second-order valence-corrected chi connectivity index (χ2v) is 5.06. The second kappa shape index (κ2) is 8.21. The molecule has 0 aliphatic rings. The molecular formula is C19H22O. The molecule has 0 N–H and O–H groups in total. The zero-order valence-electron chi connectivity index (χ0n) is 12.1. The fourth-order valence-corrected chi connectivity index (χ4v) is 2.07. The van der Waals surface area contributed by atoms with E-state index in [9.17, 15) is 0 Å². The predicted octanol–water partition coefficient (Wildman–Crippen LogP) is 4.78. The molecule has 2 rings (SSSR count). The zero-order valence-corrected chi connectivity index (χ0v) is 12.1. The zero-order chi connectivity index (χ0) is 14.0. The van der Waals surface area contributed by atoms with Crippen LogP contribution >= 0.6 is 0 Å². The van der Waals surface area contributed by atoms with Gasteiger partial charge < -0.3 is 4.74 Å². The number of benzene rings is 2. The first kappa shape index (κ1) is 14.4. The van der Waals surface area contributed by atoms with Gasteiger partial charge in [-0.3, -0.25) is 0 Å². The van der Waals surface area contributed by atoms with Crippen LogP contribution in [0.25, 0.3) is 0 Å². The van der Waals surface area contributed by atoms with Gasteiger partial charge in [0.15, 0.2) is 0 Å². The van der Waals surface area contributed by atoms with Crippen LogP contribution in [0, 0.1) is 0 Å². The molecule has 0 bridgehead atoms. The standard InChI is InChI=1S/C19H22O/c1-17(12-13-18-8-4-2-5-9-18)16-20-15-14-19-10-6-3-7-11-19/h2-11,16H,12-15H2,1H3/b17-16+. The number of hydrogen-bond donors (Lipinski definition) is 0. The van der Waals surface area contributed by atoms with Crippen molar-refractivity contribution in [1.29, 1.82) is 0 Å². The highest BCUT2D eigenvalue weighted by Crippen LogP contribution is 2.09. The van der Waals surface area contributed by atoms with Crippen LogP contribution in [0.15, 0.2) is 72.5 Å². The van der Waals surface area contributed by atoms with E-state index in [-0.39, 0.29) is 0 Å². The van der Waals surface area contributed by atoms with E-state index >= 15 is 0 Å². The molecule has 0 saturated heterocycles. The molecule has 0 saturated carbocycles. The van der Waals surface area contributed by atoms with Crippen LogP contribution in [0.5, 0.6) is 0 Å². The van der Waals surface area contributed by atoms with Crippen LogP contribution in [0.2, 0.25) is 0 Å². The summed E-state index contributed by atoms with van der Waals surface area (Å²) < 4.78 is 5.63. The average molecular weight is 266 g/mol. The molecule has 0 heterocycles. The number of ether oxygens (including phenoxy) is 1. The van der Waals surface area contributed by atoms with Crippen molar-refractivity contribution in [2.24, 2.45) is 0 Å². The highest BCUT2D eigenvalue weighted by atomic mass is 16.5. The van der Waals surface area contributed by atoms with E-state index in [1.165, 1.54) is 16.7 Å². The molecule has 2 aromatic carbocycles. The second-order valence-electron chi connectivity index (χ2n) is 5.06. The SMILES string of the molecule is C/C(=C\OCCc1ccccc1)CCc1ccccc1. The van der Waals surface area contributed by atoms with Crippen molar-refractivity contribution in [1.82, 2.24) is 0 Å². The lowest BCUT2D eigenvalue weighted by Gasteiger charge is -2.05. The molecule has 0 radical (unpaired) electrons. The van der Waals surface area contributed by atoms with Gasteiger partial charge in [0.25, 0.3) is 0 Å². The Hall–Kier alpha value is -2.02. The molecule has 0 aromatic heterocycles. The van der Waals surface area contributed by atoms with Crippen molar-refractivity contribution < 1.29 is 4.74 Å². The van der Waals surface area contributed by atoms with E-state index in [0.29, 0.717) is 0 Å². The minimum absolute atomic E-state index is 0.743. The minimum atomic E-state index is 0.743. The minimum Gasteiger partial charge on any atom is -0.501 e. The van der Waals surface area contributed by atoms with E-state index in [1.807, 2.05) is 12.3 Å². The maximum Gasteiger partial charge on any atom is 0.0913 e. The molecule has 2 aromatic rings. The van der Waals surface area contributed by atoms with Crippen LogP contribution in [-0.2, 0) is 17.6 Å². The van der Waals surface area contributed by atoms with Gasteiger partial charge in [-0.2, -0.15) is 0 Å². The molecule has 0 aliphatic carbocycles. The highest BCUT2D eigenvalue weighted by molar-refractivity contribution is 5.16. The number of aryl methyl sites for hydroxylation is 1. The molecule has 1 nitrogen and oxygen atoms in total. The molecule has 0 atom stereocenters. The third-order valence-corrected chi connectivity index (χ3v) is 3.29. The topological polar surface area (TPSA) is 9.23 Å². The van der Waals surface area contributed by atoms with Gasteiger partial charge in [0, 0.05) is 6.42 Å². The van der Waals surface area contributed by atoms with Crippen LogP contribution in [0.1, 0.15) is 24.5 Å². The van der Waals surface area contributed by atoms with Gasteiger partial charge >= 0.3 is 0 Å². The van der Waals surface area contributed by atoms with Gasteiger partial charge in [0.05, 0.1) is 12.9 Å². The van der Waals surface area contributed by atoms with Gasteiger partial charge in [0.1, 0.15) is 0 Å². The Labute approximate surface area is 121 Å². The Morgan fingerprint density at radius 3 is 2.00 bits per heavy atom. The Kier molecular flexibility index (Phi) is 5.91. The lowest BCUT2D eigenvalue weighted by Crippen LogP contribution is -1.94. The van der Waals surface area contributed by atoms with E-state index in [2.05, 4.69) is 61.5 Å². The number of hydrogen-bond acceptors (Lipinski definition) is 1. The van der Waals surface area contributed by atoms with Crippen LogP contribution in [-0.4, -0.2) is 6.61 Å². The molecule has 0 amide bonds. The van der Waals surface area contributed by atoms with Gasteiger partial charge in [-0.25, -0.2) is 0 Å². The summed E-state index contributed by atoms with van der Waals surface area (Å²) in [6.07, 6.45) is 5.00. The largest absolute Gasteiger partial charge is 0.501 e. The van der Waals surface area contributed by atoms with Crippen molar-refractivity contribution in [2.45, 2.75) is 26.2 Å². The summed E-state index contributed by atoms with van der Waals surface area (Å²) in [4.78, 5) is 0. The normalized spacial score (nSPS) is 11.3. The molecule has 104 valence electrons. The summed E-state index contributed by atoms with van der Waals surface area (Å²) in [6, 6.07) is 21.0. The summed E-state index contributed by atoms with van der Waals surface area (Å²) in [5.41, 5.74) is 3.99. The summed E-state index contributed by atoms with van der Waals surface area (Å²) >= 11 is 0. The van der Waals surface area contributed by atoms with E-state index in [1.54, 1.807) is 0 Å². The lowest BCUT2D eigenvalue weighted by atomic mass is 10.1. The van der Waals surface area contributed by atoms with Crippen LogP contribution < -0.4 is 0 Å². The van der Waals surface area contributed by atoms with Crippen molar-refractivity contribution in [3.8, 4) is 0 Å². The third-order valence-electron chi connectivity index (χ3n) is 3.29.